The molecule has 0 fully saturated rings. The van der Waals surface area contributed by atoms with Crippen LogP contribution in [-0.2, 0) is 17.8 Å². The van der Waals surface area contributed by atoms with Gasteiger partial charge in [-0.3, -0.25) is 4.79 Å². The Morgan fingerprint density at radius 2 is 2.12 bits per heavy atom. The lowest BCUT2D eigenvalue weighted by Crippen LogP contribution is -2.27. The van der Waals surface area contributed by atoms with Crippen molar-refractivity contribution < 1.29 is 9.32 Å². The largest absolute Gasteiger partial charge is 0.354 e. The first-order chi connectivity index (χ1) is 12.2. The molecule has 0 atom stereocenters. The summed E-state index contributed by atoms with van der Waals surface area (Å²) in [5.41, 5.74) is 1.77. The van der Waals surface area contributed by atoms with Crippen molar-refractivity contribution >= 4 is 5.91 Å². The van der Waals surface area contributed by atoms with E-state index in [2.05, 4.69) is 37.9 Å². The molecular weight excluding hydrogens is 320 g/mol. The molecule has 3 rings (SSSR count). The fourth-order valence-electron chi connectivity index (χ4n) is 2.40. The summed E-state index contributed by atoms with van der Waals surface area (Å²) in [6.45, 7) is 2.77. The minimum absolute atomic E-state index is 0.0452. The van der Waals surface area contributed by atoms with Crippen LogP contribution in [0.4, 0.5) is 0 Å². The quantitative estimate of drug-likeness (QED) is 0.671. The second-order valence-electron chi connectivity index (χ2n) is 5.70. The number of aryl methyl sites for hydroxylation is 2. The maximum Gasteiger partial charge on any atom is 0.280 e. The van der Waals surface area contributed by atoms with Gasteiger partial charge in [0, 0.05) is 13.0 Å². The molecule has 0 aliphatic heterocycles. The first kappa shape index (κ1) is 16.8. The second-order valence-corrected chi connectivity index (χ2v) is 5.70. The molecule has 3 aromatic rings. The SMILES string of the molecule is Cc1noc(-c2cn(CCNC(=O)CCCc3ccccc3)nn2)n1. The van der Waals surface area contributed by atoms with Gasteiger partial charge < -0.3 is 9.84 Å². The van der Waals surface area contributed by atoms with Gasteiger partial charge in [-0.15, -0.1) is 5.10 Å². The van der Waals surface area contributed by atoms with Crippen molar-refractivity contribution in [3.8, 4) is 11.6 Å². The van der Waals surface area contributed by atoms with Crippen molar-refractivity contribution in [3.05, 3.63) is 47.9 Å². The van der Waals surface area contributed by atoms with Crippen molar-refractivity contribution in [2.45, 2.75) is 32.7 Å². The van der Waals surface area contributed by atoms with Crippen LogP contribution in [0.3, 0.4) is 0 Å². The number of hydrogen-bond acceptors (Lipinski definition) is 6. The second kappa shape index (κ2) is 8.18. The highest BCUT2D eigenvalue weighted by atomic mass is 16.5. The lowest BCUT2D eigenvalue weighted by atomic mass is 10.1. The van der Waals surface area contributed by atoms with E-state index >= 15 is 0 Å². The lowest BCUT2D eigenvalue weighted by molar-refractivity contribution is -0.121. The number of carbonyl (C=O) groups is 1. The number of nitrogens with one attached hydrogen (secondary N) is 1. The van der Waals surface area contributed by atoms with Gasteiger partial charge in [-0.25, -0.2) is 4.68 Å². The van der Waals surface area contributed by atoms with E-state index in [0.717, 1.165) is 12.8 Å². The molecule has 1 amide bonds. The predicted molar refractivity (Wildman–Crippen MR) is 90.4 cm³/mol. The Bertz CT molecular complexity index is 811. The molecule has 0 spiro atoms. The van der Waals surface area contributed by atoms with Crippen LogP contribution < -0.4 is 5.32 Å². The Labute approximate surface area is 145 Å². The topological polar surface area (TPSA) is 98.7 Å². The molecule has 0 radical (unpaired) electrons. The summed E-state index contributed by atoms with van der Waals surface area (Å²) in [6, 6.07) is 10.2. The van der Waals surface area contributed by atoms with E-state index in [0.29, 0.717) is 36.9 Å². The Balaban J connectivity index is 1.36. The van der Waals surface area contributed by atoms with Crippen molar-refractivity contribution in [2.75, 3.05) is 6.54 Å². The number of nitrogens with zero attached hydrogens (tertiary/aromatic N) is 5. The average Bonchev–Trinajstić information content (AvgIpc) is 3.25. The van der Waals surface area contributed by atoms with Gasteiger partial charge in [0.25, 0.3) is 5.89 Å². The fourth-order valence-corrected chi connectivity index (χ4v) is 2.40. The smallest absolute Gasteiger partial charge is 0.280 e. The van der Waals surface area contributed by atoms with Crippen LogP contribution in [0.1, 0.15) is 24.2 Å². The number of benzene rings is 1. The van der Waals surface area contributed by atoms with Crippen molar-refractivity contribution in [1.29, 1.82) is 0 Å². The minimum atomic E-state index is 0.0452. The first-order valence-electron chi connectivity index (χ1n) is 8.22. The highest BCUT2D eigenvalue weighted by Gasteiger charge is 2.11. The summed E-state index contributed by atoms with van der Waals surface area (Å²) in [6.07, 6.45) is 3.97. The zero-order valence-corrected chi connectivity index (χ0v) is 14.1. The molecule has 0 aliphatic rings. The van der Waals surface area contributed by atoms with Gasteiger partial charge in [0.05, 0.1) is 12.7 Å². The summed E-state index contributed by atoms with van der Waals surface area (Å²) < 4.78 is 6.68. The van der Waals surface area contributed by atoms with Crippen LogP contribution in [0.25, 0.3) is 11.6 Å². The number of amides is 1. The molecule has 1 N–H and O–H groups in total. The van der Waals surface area contributed by atoms with Gasteiger partial charge in [0.1, 0.15) is 0 Å². The minimum Gasteiger partial charge on any atom is -0.354 e. The summed E-state index contributed by atoms with van der Waals surface area (Å²) in [5, 5.41) is 14.6. The van der Waals surface area contributed by atoms with E-state index in [4.69, 9.17) is 4.52 Å². The number of rotatable bonds is 8. The van der Waals surface area contributed by atoms with E-state index in [9.17, 15) is 4.79 Å². The van der Waals surface area contributed by atoms with E-state index in [1.807, 2.05) is 18.2 Å². The normalized spacial score (nSPS) is 10.8. The zero-order chi connectivity index (χ0) is 17.5. The third kappa shape index (κ3) is 4.97. The van der Waals surface area contributed by atoms with Crippen LogP contribution in [0.5, 0.6) is 0 Å². The standard InChI is InChI=1S/C17H20N6O2/c1-13-19-17(25-21-13)15-12-23(22-20-15)11-10-18-16(24)9-5-8-14-6-3-2-4-7-14/h2-4,6-7,12H,5,8-11H2,1H3,(H,18,24). The Morgan fingerprint density at radius 1 is 1.28 bits per heavy atom. The fraction of sp³-hybridized carbons (Fsp3) is 0.353. The van der Waals surface area contributed by atoms with Crippen LogP contribution in [-0.4, -0.2) is 37.6 Å². The van der Waals surface area contributed by atoms with Gasteiger partial charge in [-0.1, -0.05) is 40.7 Å². The Hall–Kier alpha value is -3.03. The molecule has 8 nitrogen and oxygen atoms in total. The summed E-state index contributed by atoms with van der Waals surface area (Å²) in [5.74, 6) is 0.935. The molecule has 0 saturated carbocycles. The third-order valence-electron chi connectivity index (χ3n) is 3.66. The van der Waals surface area contributed by atoms with Gasteiger partial charge >= 0.3 is 0 Å². The number of carbonyl (C=O) groups excluding carboxylic acids is 1. The predicted octanol–water partition coefficient (Wildman–Crippen LogP) is 1.78. The molecule has 0 unspecified atom stereocenters. The molecule has 130 valence electrons. The molecule has 8 heteroatoms. The maximum atomic E-state index is 11.9. The van der Waals surface area contributed by atoms with Crippen LogP contribution in [0, 0.1) is 6.92 Å². The van der Waals surface area contributed by atoms with E-state index in [-0.39, 0.29) is 5.91 Å². The highest BCUT2D eigenvalue weighted by molar-refractivity contribution is 5.75. The summed E-state index contributed by atoms with van der Waals surface area (Å²) in [4.78, 5) is 16.0. The maximum absolute atomic E-state index is 11.9. The van der Waals surface area contributed by atoms with Crippen molar-refractivity contribution in [1.82, 2.24) is 30.5 Å². The Kier molecular flexibility index (Phi) is 5.50. The monoisotopic (exact) mass is 340 g/mol. The van der Waals surface area contributed by atoms with E-state index in [1.165, 1.54) is 5.56 Å². The lowest BCUT2D eigenvalue weighted by Gasteiger charge is -2.05. The molecule has 0 bridgehead atoms. The van der Waals surface area contributed by atoms with Crippen LogP contribution in [0.2, 0.25) is 0 Å². The molecule has 2 heterocycles. The number of hydrogen-bond donors (Lipinski definition) is 1. The highest BCUT2D eigenvalue weighted by Crippen LogP contribution is 2.12. The molecule has 0 aliphatic carbocycles. The van der Waals surface area contributed by atoms with Crippen LogP contribution in [0.15, 0.2) is 41.1 Å². The third-order valence-corrected chi connectivity index (χ3v) is 3.66. The van der Waals surface area contributed by atoms with Crippen molar-refractivity contribution in [3.63, 3.8) is 0 Å². The zero-order valence-electron chi connectivity index (χ0n) is 14.1. The van der Waals surface area contributed by atoms with Gasteiger partial charge in [-0.2, -0.15) is 4.98 Å². The Morgan fingerprint density at radius 3 is 2.88 bits per heavy atom. The van der Waals surface area contributed by atoms with Gasteiger partial charge in [0.15, 0.2) is 11.5 Å². The molecule has 1 aromatic carbocycles. The molecular formula is C17H20N6O2. The molecule has 2 aromatic heterocycles. The molecule has 0 saturated heterocycles. The van der Waals surface area contributed by atoms with Gasteiger partial charge in [0.2, 0.25) is 5.91 Å². The van der Waals surface area contributed by atoms with E-state index < -0.39 is 0 Å². The average molecular weight is 340 g/mol. The van der Waals surface area contributed by atoms with Crippen molar-refractivity contribution in [2.24, 2.45) is 0 Å². The van der Waals surface area contributed by atoms with E-state index in [1.54, 1.807) is 17.8 Å². The van der Waals surface area contributed by atoms with Crippen LogP contribution >= 0.6 is 0 Å². The van der Waals surface area contributed by atoms with Gasteiger partial charge in [-0.05, 0) is 25.3 Å². The first-order valence-corrected chi connectivity index (χ1v) is 8.22. The number of aromatic nitrogens is 5. The summed E-state index contributed by atoms with van der Waals surface area (Å²) >= 11 is 0. The summed E-state index contributed by atoms with van der Waals surface area (Å²) in [7, 11) is 0. The molecule has 25 heavy (non-hydrogen) atoms.